The molecule has 2 aromatic rings. The number of rotatable bonds is 5. The first-order valence-electron chi connectivity index (χ1n) is 9.80. The Morgan fingerprint density at radius 1 is 1.12 bits per heavy atom. The third-order valence-electron chi connectivity index (χ3n) is 6.14. The van der Waals surface area contributed by atoms with Gasteiger partial charge in [-0.05, 0) is 49.6 Å². The molecule has 138 valence electrons. The number of aliphatic hydroxyl groups is 1. The average Bonchev–Trinajstić information content (AvgIpc) is 3.11. The third-order valence-corrected chi connectivity index (χ3v) is 6.14. The van der Waals surface area contributed by atoms with Crippen LogP contribution in [0.15, 0.2) is 48.7 Å². The Hall–Kier alpha value is -1.75. The van der Waals surface area contributed by atoms with Gasteiger partial charge in [0.2, 0.25) is 0 Å². The zero-order valence-electron chi connectivity index (χ0n) is 15.6. The van der Waals surface area contributed by atoms with Crippen molar-refractivity contribution in [3.05, 3.63) is 65.5 Å². The van der Waals surface area contributed by atoms with E-state index in [1.54, 1.807) is 0 Å². The Bertz CT molecular complexity index is 695. The molecule has 4 heteroatoms. The van der Waals surface area contributed by atoms with Gasteiger partial charge in [-0.15, -0.1) is 0 Å². The van der Waals surface area contributed by atoms with Crippen molar-refractivity contribution in [2.75, 3.05) is 26.7 Å². The van der Waals surface area contributed by atoms with E-state index in [1.165, 1.54) is 11.1 Å². The van der Waals surface area contributed by atoms with E-state index in [0.29, 0.717) is 6.04 Å². The fraction of sp³-hybridized carbons (Fsp3) is 0.500. The van der Waals surface area contributed by atoms with Crippen LogP contribution in [0.5, 0.6) is 0 Å². The molecule has 1 aliphatic carbocycles. The Labute approximate surface area is 156 Å². The second kappa shape index (κ2) is 7.87. The lowest BCUT2D eigenvalue weighted by Gasteiger charge is -2.42. The molecule has 2 heterocycles. The second-order valence-electron chi connectivity index (χ2n) is 7.80. The van der Waals surface area contributed by atoms with Crippen LogP contribution in [-0.2, 0) is 19.3 Å². The molecular formula is C22H29N3O. The molecule has 2 aliphatic rings. The topological polar surface area (TPSA) is 39.6 Å². The molecule has 1 aromatic heterocycles. The van der Waals surface area contributed by atoms with Gasteiger partial charge in [-0.2, -0.15) is 0 Å². The molecule has 0 bridgehead atoms. The minimum absolute atomic E-state index is 0.249. The number of likely N-dealkylation sites (tertiary alicyclic amines) is 1. The molecule has 1 aromatic carbocycles. The SMILES string of the molecule is CN(CCc1ccccn1)[C@@H]1CCN(C2Cc3ccccc3C2)C[C@H]1O. The standard InChI is InChI=1S/C22H29N3O/c1-24(12-9-19-8-4-5-11-23-19)21-10-13-25(16-22(21)26)20-14-17-6-2-3-7-18(17)15-20/h2-8,11,20-22,26H,9-10,12-16H2,1H3/t21-,22-/m1/s1. The van der Waals surface area contributed by atoms with E-state index in [4.69, 9.17) is 0 Å². The van der Waals surface area contributed by atoms with Crippen LogP contribution in [0.25, 0.3) is 0 Å². The van der Waals surface area contributed by atoms with Crippen molar-refractivity contribution in [1.29, 1.82) is 0 Å². The number of likely N-dealkylation sites (N-methyl/N-ethyl adjacent to an activating group) is 1. The van der Waals surface area contributed by atoms with Crippen molar-refractivity contribution in [3.63, 3.8) is 0 Å². The van der Waals surface area contributed by atoms with Crippen LogP contribution < -0.4 is 0 Å². The molecule has 4 nitrogen and oxygen atoms in total. The Kier molecular flexibility index (Phi) is 5.34. The maximum atomic E-state index is 10.8. The molecule has 26 heavy (non-hydrogen) atoms. The van der Waals surface area contributed by atoms with Gasteiger partial charge in [0.25, 0.3) is 0 Å². The number of fused-ring (bicyclic) bond motifs is 1. The van der Waals surface area contributed by atoms with Crippen molar-refractivity contribution >= 4 is 0 Å². The highest BCUT2D eigenvalue weighted by Crippen LogP contribution is 2.28. The van der Waals surface area contributed by atoms with Crippen molar-refractivity contribution in [2.45, 2.75) is 43.9 Å². The molecule has 2 atom stereocenters. The number of pyridine rings is 1. The van der Waals surface area contributed by atoms with Crippen LogP contribution in [0, 0.1) is 0 Å². The van der Waals surface area contributed by atoms with Crippen LogP contribution in [0.4, 0.5) is 0 Å². The van der Waals surface area contributed by atoms with Gasteiger partial charge in [-0.25, -0.2) is 0 Å². The normalized spacial score (nSPS) is 24.1. The number of piperidine rings is 1. The number of nitrogens with zero attached hydrogens (tertiary/aromatic N) is 3. The fourth-order valence-electron chi connectivity index (χ4n) is 4.59. The van der Waals surface area contributed by atoms with E-state index in [2.05, 4.69) is 52.2 Å². The predicted molar refractivity (Wildman–Crippen MR) is 104 cm³/mol. The van der Waals surface area contributed by atoms with Crippen molar-refractivity contribution < 1.29 is 5.11 Å². The van der Waals surface area contributed by atoms with Gasteiger partial charge >= 0.3 is 0 Å². The Morgan fingerprint density at radius 3 is 2.50 bits per heavy atom. The van der Waals surface area contributed by atoms with E-state index in [1.807, 2.05) is 18.3 Å². The molecule has 0 spiro atoms. The van der Waals surface area contributed by atoms with Gasteiger partial charge in [0.15, 0.2) is 0 Å². The van der Waals surface area contributed by atoms with E-state index < -0.39 is 0 Å². The maximum absolute atomic E-state index is 10.8. The zero-order chi connectivity index (χ0) is 17.9. The Balaban J connectivity index is 1.30. The molecule has 0 radical (unpaired) electrons. The van der Waals surface area contributed by atoms with Gasteiger partial charge in [0.1, 0.15) is 0 Å². The number of benzene rings is 1. The molecule has 1 saturated heterocycles. The summed E-state index contributed by atoms with van der Waals surface area (Å²) in [7, 11) is 2.14. The molecule has 1 N–H and O–H groups in total. The summed E-state index contributed by atoms with van der Waals surface area (Å²) < 4.78 is 0. The summed E-state index contributed by atoms with van der Waals surface area (Å²) in [5.41, 5.74) is 4.10. The number of hydrogen-bond donors (Lipinski definition) is 1. The lowest BCUT2D eigenvalue weighted by Crippen LogP contribution is -2.56. The summed E-state index contributed by atoms with van der Waals surface area (Å²) in [5, 5.41) is 10.8. The smallest absolute Gasteiger partial charge is 0.0822 e. The summed E-state index contributed by atoms with van der Waals surface area (Å²) >= 11 is 0. The quantitative estimate of drug-likeness (QED) is 0.896. The lowest BCUT2D eigenvalue weighted by molar-refractivity contribution is -0.0164. The molecule has 4 rings (SSSR count). The van der Waals surface area contributed by atoms with Crippen molar-refractivity contribution in [2.24, 2.45) is 0 Å². The molecule has 1 aliphatic heterocycles. The highest BCUT2D eigenvalue weighted by Gasteiger charge is 2.35. The minimum Gasteiger partial charge on any atom is -0.390 e. The number of β-amino-alcohol motifs (C(OH)–C–C–N with tert-alkyl or cyclic N) is 1. The molecule has 0 saturated carbocycles. The van der Waals surface area contributed by atoms with Crippen molar-refractivity contribution in [1.82, 2.24) is 14.8 Å². The highest BCUT2D eigenvalue weighted by atomic mass is 16.3. The van der Waals surface area contributed by atoms with Crippen LogP contribution >= 0.6 is 0 Å². The highest BCUT2D eigenvalue weighted by molar-refractivity contribution is 5.33. The Morgan fingerprint density at radius 2 is 1.85 bits per heavy atom. The van der Waals surface area contributed by atoms with E-state index in [-0.39, 0.29) is 12.1 Å². The summed E-state index contributed by atoms with van der Waals surface area (Å²) in [6, 6.07) is 15.7. The lowest BCUT2D eigenvalue weighted by atomic mass is 9.98. The van der Waals surface area contributed by atoms with Gasteiger partial charge in [0.05, 0.1) is 6.10 Å². The first-order valence-corrected chi connectivity index (χ1v) is 9.80. The first-order chi connectivity index (χ1) is 12.7. The zero-order valence-corrected chi connectivity index (χ0v) is 15.6. The maximum Gasteiger partial charge on any atom is 0.0822 e. The van der Waals surface area contributed by atoms with Crippen LogP contribution in [-0.4, -0.2) is 64.8 Å². The molecule has 0 unspecified atom stereocenters. The number of hydrogen-bond acceptors (Lipinski definition) is 4. The summed E-state index contributed by atoms with van der Waals surface area (Å²) in [6.07, 6.45) is 5.80. The van der Waals surface area contributed by atoms with E-state index in [0.717, 1.165) is 51.0 Å². The number of aliphatic hydroxyl groups excluding tert-OH is 1. The fourth-order valence-corrected chi connectivity index (χ4v) is 4.59. The van der Waals surface area contributed by atoms with Gasteiger partial charge in [-0.1, -0.05) is 30.3 Å². The van der Waals surface area contributed by atoms with Crippen LogP contribution in [0.3, 0.4) is 0 Å². The monoisotopic (exact) mass is 351 g/mol. The second-order valence-corrected chi connectivity index (χ2v) is 7.80. The van der Waals surface area contributed by atoms with E-state index >= 15 is 0 Å². The van der Waals surface area contributed by atoms with Crippen molar-refractivity contribution in [3.8, 4) is 0 Å². The first kappa shape index (κ1) is 17.7. The van der Waals surface area contributed by atoms with Crippen LogP contribution in [0.1, 0.15) is 23.2 Å². The van der Waals surface area contributed by atoms with Gasteiger partial charge < -0.3 is 10.0 Å². The predicted octanol–water partition coefficient (Wildman–Crippen LogP) is 2.16. The average molecular weight is 351 g/mol. The molecule has 1 fully saturated rings. The summed E-state index contributed by atoms with van der Waals surface area (Å²) in [4.78, 5) is 9.23. The van der Waals surface area contributed by atoms with Gasteiger partial charge in [-0.3, -0.25) is 9.88 Å². The third kappa shape index (κ3) is 3.83. The molecular weight excluding hydrogens is 322 g/mol. The van der Waals surface area contributed by atoms with E-state index in [9.17, 15) is 5.11 Å². The largest absolute Gasteiger partial charge is 0.390 e. The number of aromatic nitrogens is 1. The minimum atomic E-state index is -0.277. The summed E-state index contributed by atoms with van der Waals surface area (Å²) in [6.45, 7) is 2.80. The summed E-state index contributed by atoms with van der Waals surface area (Å²) in [5.74, 6) is 0. The van der Waals surface area contributed by atoms with Crippen LogP contribution in [0.2, 0.25) is 0 Å². The molecule has 0 amide bonds. The van der Waals surface area contributed by atoms with Gasteiger partial charge in [0, 0.05) is 50.0 Å².